The van der Waals surface area contributed by atoms with Crippen LogP contribution < -0.4 is 0 Å². The van der Waals surface area contributed by atoms with Crippen LogP contribution in [0.1, 0.15) is 0 Å². The molecule has 0 saturated carbocycles. The second-order valence-electron chi connectivity index (χ2n) is 1.64. The molecule has 0 aliphatic carbocycles. The van der Waals surface area contributed by atoms with E-state index in [0.717, 1.165) is 0 Å². The van der Waals surface area contributed by atoms with Crippen molar-refractivity contribution < 1.29 is 0 Å². The summed E-state index contributed by atoms with van der Waals surface area (Å²) in [7, 11) is 0. The molecule has 0 unspecified atom stereocenters. The van der Waals surface area contributed by atoms with Crippen molar-refractivity contribution in [1.29, 1.82) is 0 Å². The first-order valence-electron chi connectivity index (χ1n) is 2.39. The zero-order valence-corrected chi connectivity index (χ0v) is 9.45. The monoisotopic (exact) mass is 293 g/mol. The van der Waals surface area contributed by atoms with Gasteiger partial charge in [-0.05, 0) is 15.9 Å². The molecule has 6 heteroatoms. The third-order valence-electron chi connectivity index (χ3n) is 0.944. The molecular weight excluding hydrogens is 296 g/mol. The predicted molar refractivity (Wildman–Crippen MR) is 52.0 cm³/mol. The van der Waals surface area contributed by atoms with E-state index in [4.69, 9.17) is 46.4 Å². The van der Waals surface area contributed by atoms with Gasteiger partial charge in [0.1, 0.15) is 4.60 Å². The molecular formula is C5BrCl4N. The lowest BCUT2D eigenvalue weighted by Crippen LogP contribution is -1.82. The third kappa shape index (κ3) is 1.93. The van der Waals surface area contributed by atoms with E-state index in [1.165, 1.54) is 0 Å². The fraction of sp³-hybridized carbons (Fsp3) is 0. The zero-order chi connectivity index (χ0) is 8.59. The van der Waals surface area contributed by atoms with Crippen molar-refractivity contribution in [3.05, 3.63) is 24.8 Å². The van der Waals surface area contributed by atoms with Gasteiger partial charge in [-0.1, -0.05) is 46.4 Å². The molecule has 0 N–H and O–H groups in total. The Hall–Kier alpha value is 0.790. The topological polar surface area (TPSA) is 12.9 Å². The van der Waals surface area contributed by atoms with Gasteiger partial charge in [0.25, 0.3) is 0 Å². The van der Waals surface area contributed by atoms with Gasteiger partial charge >= 0.3 is 0 Å². The normalized spacial score (nSPS) is 10.3. The highest BCUT2D eigenvalue weighted by atomic mass is 79.9. The van der Waals surface area contributed by atoms with Crippen LogP contribution in [0.4, 0.5) is 0 Å². The Bertz CT molecular complexity index is 275. The largest absolute Gasteiger partial charge is 0.226 e. The van der Waals surface area contributed by atoms with E-state index < -0.39 is 0 Å². The molecule has 60 valence electrons. The Kier molecular flexibility index (Phi) is 3.29. The maximum atomic E-state index is 5.67. The first-order valence-corrected chi connectivity index (χ1v) is 4.70. The summed E-state index contributed by atoms with van der Waals surface area (Å²) >= 11 is 25.6. The highest BCUT2D eigenvalue weighted by Crippen LogP contribution is 2.37. The molecule has 0 radical (unpaired) electrons. The van der Waals surface area contributed by atoms with Gasteiger partial charge in [-0.3, -0.25) is 0 Å². The minimum Gasteiger partial charge on any atom is -0.226 e. The molecule has 1 aromatic rings. The third-order valence-corrected chi connectivity index (χ3v) is 3.42. The Morgan fingerprint density at radius 3 is 2.00 bits per heavy atom. The molecule has 0 saturated heterocycles. The molecule has 0 bridgehead atoms. The molecule has 0 atom stereocenters. The average molecular weight is 296 g/mol. The zero-order valence-electron chi connectivity index (χ0n) is 4.84. The molecule has 1 rings (SSSR count). The number of hydrogen-bond acceptors (Lipinski definition) is 1. The van der Waals surface area contributed by atoms with Crippen LogP contribution in [0.25, 0.3) is 0 Å². The molecule has 0 spiro atoms. The summed E-state index contributed by atoms with van der Waals surface area (Å²) in [4.78, 5) is 3.77. The maximum absolute atomic E-state index is 5.67. The van der Waals surface area contributed by atoms with Gasteiger partial charge in [0, 0.05) is 0 Å². The van der Waals surface area contributed by atoms with Crippen LogP contribution in [-0.4, -0.2) is 4.98 Å². The van der Waals surface area contributed by atoms with E-state index in [9.17, 15) is 0 Å². The molecule has 11 heavy (non-hydrogen) atoms. The van der Waals surface area contributed by atoms with Gasteiger partial charge in [0.05, 0.1) is 15.1 Å². The number of pyridine rings is 1. The van der Waals surface area contributed by atoms with Crippen LogP contribution in [0.3, 0.4) is 0 Å². The van der Waals surface area contributed by atoms with Crippen LogP contribution in [0.15, 0.2) is 4.60 Å². The van der Waals surface area contributed by atoms with Crippen molar-refractivity contribution in [2.45, 2.75) is 0 Å². The first kappa shape index (κ1) is 9.87. The SMILES string of the molecule is Clc1nc(Br)c(Cl)c(Cl)c1Cl. The van der Waals surface area contributed by atoms with Gasteiger partial charge in [-0.25, -0.2) is 4.98 Å². The van der Waals surface area contributed by atoms with Gasteiger partial charge in [0.2, 0.25) is 0 Å². The van der Waals surface area contributed by atoms with Gasteiger partial charge in [-0.15, -0.1) is 0 Å². The molecule has 0 aliphatic heterocycles. The number of halogens is 5. The van der Waals surface area contributed by atoms with Crippen LogP contribution in [0.2, 0.25) is 20.2 Å². The lowest BCUT2D eigenvalue weighted by atomic mass is 10.5. The van der Waals surface area contributed by atoms with Crippen LogP contribution in [0, 0.1) is 0 Å². The van der Waals surface area contributed by atoms with Crippen LogP contribution in [0.5, 0.6) is 0 Å². The van der Waals surface area contributed by atoms with Crippen LogP contribution >= 0.6 is 62.3 Å². The van der Waals surface area contributed by atoms with E-state index in [1.54, 1.807) is 0 Å². The fourth-order valence-corrected chi connectivity index (χ4v) is 1.78. The summed E-state index contributed by atoms with van der Waals surface area (Å²) in [6.45, 7) is 0. The Morgan fingerprint density at radius 2 is 1.45 bits per heavy atom. The second kappa shape index (κ2) is 3.67. The van der Waals surface area contributed by atoms with Crippen molar-refractivity contribution in [2.75, 3.05) is 0 Å². The Balaban J connectivity index is 3.46. The highest BCUT2D eigenvalue weighted by molar-refractivity contribution is 9.10. The van der Waals surface area contributed by atoms with Crippen molar-refractivity contribution in [2.24, 2.45) is 0 Å². The molecule has 0 aliphatic rings. The predicted octanol–water partition coefficient (Wildman–Crippen LogP) is 4.46. The number of aromatic nitrogens is 1. The van der Waals surface area contributed by atoms with E-state index in [2.05, 4.69) is 20.9 Å². The Labute approximate surface area is 91.7 Å². The smallest absolute Gasteiger partial charge is 0.150 e. The van der Waals surface area contributed by atoms with E-state index in [0.29, 0.717) is 4.60 Å². The average Bonchev–Trinajstić information content (AvgIpc) is 1.97. The van der Waals surface area contributed by atoms with Crippen molar-refractivity contribution >= 4 is 62.3 Å². The number of hydrogen-bond donors (Lipinski definition) is 0. The quantitative estimate of drug-likeness (QED) is 0.644. The molecule has 1 heterocycles. The standard InChI is InChI=1S/C5BrCl4N/c6-4-2(8)1(7)3(9)5(10)11-4. The van der Waals surface area contributed by atoms with E-state index in [-0.39, 0.29) is 20.2 Å². The van der Waals surface area contributed by atoms with Crippen molar-refractivity contribution in [3.8, 4) is 0 Å². The fourth-order valence-electron chi connectivity index (χ4n) is 0.462. The molecule has 0 amide bonds. The summed E-state index contributed by atoms with van der Waals surface area (Å²) < 4.78 is 0.388. The van der Waals surface area contributed by atoms with Gasteiger partial charge < -0.3 is 0 Å². The lowest BCUT2D eigenvalue weighted by molar-refractivity contribution is 1.28. The molecule has 0 aromatic carbocycles. The van der Waals surface area contributed by atoms with Gasteiger partial charge in [-0.2, -0.15) is 0 Å². The lowest BCUT2D eigenvalue weighted by Gasteiger charge is -2.01. The van der Waals surface area contributed by atoms with Crippen molar-refractivity contribution in [3.63, 3.8) is 0 Å². The van der Waals surface area contributed by atoms with Crippen molar-refractivity contribution in [1.82, 2.24) is 4.98 Å². The molecule has 0 fully saturated rings. The second-order valence-corrected chi connectivity index (χ2v) is 3.88. The number of rotatable bonds is 0. The summed E-state index contributed by atoms with van der Waals surface area (Å²) in [5, 5.41) is 0.774. The summed E-state index contributed by atoms with van der Waals surface area (Å²) in [6, 6.07) is 0. The van der Waals surface area contributed by atoms with E-state index in [1.807, 2.05) is 0 Å². The molecule has 1 nitrogen and oxygen atoms in total. The van der Waals surface area contributed by atoms with Crippen LogP contribution in [-0.2, 0) is 0 Å². The summed E-state index contributed by atoms with van der Waals surface area (Å²) in [5.74, 6) is 0. The number of nitrogens with zero attached hydrogens (tertiary/aromatic N) is 1. The minimum atomic E-state index is 0.132. The van der Waals surface area contributed by atoms with Gasteiger partial charge in [0.15, 0.2) is 5.15 Å². The molecule has 1 aromatic heterocycles. The summed E-state index contributed by atoms with van der Waals surface area (Å²) in [5.41, 5.74) is 0. The Morgan fingerprint density at radius 1 is 0.909 bits per heavy atom. The van der Waals surface area contributed by atoms with E-state index >= 15 is 0 Å². The first-order chi connectivity index (χ1) is 5.04. The minimum absolute atomic E-state index is 0.132. The highest BCUT2D eigenvalue weighted by Gasteiger charge is 2.12. The summed E-state index contributed by atoms with van der Waals surface area (Å²) in [6.07, 6.45) is 0. The maximum Gasteiger partial charge on any atom is 0.150 e.